The van der Waals surface area contributed by atoms with Crippen molar-refractivity contribution < 1.29 is 4.79 Å². The number of hydrogen-bond donors (Lipinski definition) is 0. The minimum atomic E-state index is 0.279. The molecule has 22 heavy (non-hydrogen) atoms. The van der Waals surface area contributed by atoms with Gasteiger partial charge in [-0.15, -0.1) is 0 Å². The molecule has 1 heterocycles. The fourth-order valence-corrected chi connectivity index (χ4v) is 2.45. The van der Waals surface area contributed by atoms with E-state index in [4.69, 9.17) is 0 Å². The van der Waals surface area contributed by atoms with Gasteiger partial charge in [0.25, 0.3) is 0 Å². The Hall–Kier alpha value is -1.31. The van der Waals surface area contributed by atoms with Crippen LogP contribution in [0.1, 0.15) is 78.4 Å². The molecule has 0 saturated carbocycles. The molecule has 0 bridgehead atoms. The van der Waals surface area contributed by atoms with E-state index in [0.29, 0.717) is 12.5 Å². The number of hydrogen-bond acceptors (Lipinski definition) is 1. The number of amides is 1. The summed E-state index contributed by atoms with van der Waals surface area (Å²) in [5, 5.41) is 0. The van der Waals surface area contributed by atoms with Gasteiger partial charge in [-0.1, -0.05) is 78.6 Å². The molecule has 2 nitrogen and oxygen atoms in total. The van der Waals surface area contributed by atoms with Crippen molar-refractivity contribution in [3.05, 3.63) is 35.4 Å². The van der Waals surface area contributed by atoms with Crippen molar-refractivity contribution in [1.29, 1.82) is 0 Å². The minimum absolute atomic E-state index is 0.279. The van der Waals surface area contributed by atoms with Crippen LogP contribution in [-0.2, 0) is 17.8 Å². The summed E-state index contributed by atoms with van der Waals surface area (Å²) >= 11 is 0. The smallest absolute Gasteiger partial charge is 0.222 e. The third-order valence-corrected chi connectivity index (χ3v) is 3.45. The molecule has 1 atom stereocenters. The van der Waals surface area contributed by atoms with Crippen LogP contribution >= 0.6 is 0 Å². The van der Waals surface area contributed by atoms with Gasteiger partial charge in [-0.05, 0) is 24.0 Å². The topological polar surface area (TPSA) is 20.3 Å². The maximum atomic E-state index is 11.9. The van der Waals surface area contributed by atoms with Gasteiger partial charge in [-0.3, -0.25) is 4.79 Å². The first kappa shape index (κ1) is 20.7. The molecule has 2 heteroatoms. The lowest BCUT2D eigenvalue weighted by molar-refractivity contribution is -0.134. The van der Waals surface area contributed by atoms with Gasteiger partial charge in [0, 0.05) is 19.0 Å². The summed E-state index contributed by atoms with van der Waals surface area (Å²) < 4.78 is 0. The SMILES string of the molecule is CCC.CCC.CCC(=O)N1Cc2ccccc2CC1CC. The molecular formula is C20H35NO. The fourth-order valence-electron chi connectivity index (χ4n) is 2.45. The standard InChI is InChI=1S/C14H19NO.2C3H8/c1-3-13-9-11-7-5-6-8-12(11)10-15(13)14(16)4-2;2*1-3-2/h5-8,13H,3-4,9-10H2,1-2H3;2*3H2,1-2H3. The fraction of sp³-hybridized carbons (Fsp3) is 0.650. The zero-order valence-corrected chi connectivity index (χ0v) is 15.5. The monoisotopic (exact) mass is 305 g/mol. The molecule has 0 aromatic heterocycles. The highest BCUT2D eigenvalue weighted by Crippen LogP contribution is 2.25. The minimum Gasteiger partial charge on any atom is -0.335 e. The molecule has 1 aromatic carbocycles. The summed E-state index contributed by atoms with van der Waals surface area (Å²) in [6.45, 7) is 13.4. The van der Waals surface area contributed by atoms with E-state index < -0.39 is 0 Å². The molecule has 0 spiro atoms. The molecule has 0 saturated heterocycles. The van der Waals surface area contributed by atoms with Crippen molar-refractivity contribution in [3.63, 3.8) is 0 Å². The summed E-state index contributed by atoms with van der Waals surface area (Å²) in [7, 11) is 0. The third kappa shape index (κ3) is 6.64. The Morgan fingerprint density at radius 2 is 1.50 bits per heavy atom. The Kier molecular flexibility index (Phi) is 11.5. The van der Waals surface area contributed by atoms with Gasteiger partial charge in [0.05, 0.1) is 0 Å². The van der Waals surface area contributed by atoms with Crippen LogP contribution in [-0.4, -0.2) is 16.8 Å². The highest BCUT2D eigenvalue weighted by molar-refractivity contribution is 5.76. The van der Waals surface area contributed by atoms with E-state index >= 15 is 0 Å². The first-order valence-electron chi connectivity index (χ1n) is 8.95. The van der Waals surface area contributed by atoms with Gasteiger partial charge < -0.3 is 4.90 Å². The Bertz CT molecular complexity index is 412. The van der Waals surface area contributed by atoms with E-state index in [0.717, 1.165) is 19.4 Å². The highest BCUT2D eigenvalue weighted by atomic mass is 16.2. The van der Waals surface area contributed by atoms with Crippen molar-refractivity contribution in [2.45, 2.75) is 86.2 Å². The van der Waals surface area contributed by atoms with Gasteiger partial charge in [-0.2, -0.15) is 0 Å². The number of benzene rings is 1. The van der Waals surface area contributed by atoms with E-state index in [2.05, 4.69) is 58.9 Å². The summed E-state index contributed by atoms with van der Waals surface area (Å²) in [6.07, 6.45) is 5.16. The molecule has 0 radical (unpaired) electrons. The quantitative estimate of drug-likeness (QED) is 0.697. The van der Waals surface area contributed by atoms with Crippen LogP contribution in [0.25, 0.3) is 0 Å². The zero-order valence-electron chi connectivity index (χ0n) is 15.5. The largest absolute Gasteiger partial charge is 0.335 e. The Balaban J connectivity index is 0.000000639. The van der Waals surface area contributed by atoms with Crippen LogP contribution in [0, 0.1) is 0 Å². The average molecular weight is 306 g/mol. The van der Waals surface area contributed by atoms with Crippen LogP contribution < -0.4 is 0 Å². The van der Waals surface area contributed by atoms with Crippen molar-refractivity contribution in [3.8, 4) is 0 Å². The second-order valence-corrected chi connectivity index (χ2v) is 5.82. The lowest BCUT2D eigenvalue weighted by Gasteiger charge is -2.36. The van der Waals surface area contributed by atoms with Crippen molar-refractivity contribution in [1.82, 2.24) is 4.90 Å². The zero-order chi connectivity index (χ0) is 17.0. The molecular weight excluding hydrogens is 270 g/mol. The van der Waals surface area contributed by atoms with Crippen LogP contribution in [0.3, 0.4) is 0 Å². The van der Waals surface area contributed by atoms with Gasteiger partial charge >= 0.3 is 0 Å². The third-order valence-electron chi connectivity index (χ3n) is 3.45. The first-order valence-corrected chi connectivity index (χ1v) is 8.95. The molecule has 1 amide bonds. The molecule has 2 rings (SSSR count). The Morgan fingerprint density at radius 3 is 1.95 bits per heavy atom. The summed E-state index contributed by atoms with van der Waals surface area (Å²) in [6, 6.07) is 8.85. The van der Waals surface area contributed by atoms with Crippen molar-refractivity contribution in [2.24, 2.45) is 0 Å². The second kappa shape index (κ2) is 12.3. The molecule has 1 aromatic rings. The molecule has 1 aliphatic heterocycles. The molecule has 0 N–H and O–H groups in total. The van der Waals surface area contributed by atoms with Gasteiger partial charge in [0.2, 0.25) is 5.91 Å². The van der Waals surface area contributed by atoms with Gasteiger partial charge in [0.1, 0.15) is 0 Å². The van der Waals surface area contributed by atoms with Crippen LogP contribution in [0.5, 0.6) is 0 Å². The van der Waals surface area contributed by atoms with E-state index in [1.807, 2.05) is 11.8 Å². The van der Waals surface area contributed by atoms with E-state index in [1.165, 1.54) is 24.0 Å². The second-order valence-electron chi connectivity index (χ2n) is 5.82. The summed E-state index contributed by atoms with van der Waals surface area (Å²) in [5.74, 6) is 0.279. The molecule has 1 unspecified atom stereocenters. The number of fused-ring (bicyclic) bond motifs is 1. The Morgan fingerprint density at radius 1 is 1.00 bits per heavy atom. The molecule has 126 valence electrons. The maximum Gasteiger partial charge on any atom is 0.222 e. The highest BCUT2D eigenvalue weighted by Gasteiger charge is 2.27. The Labute approximate surface area is 137 Å². The number of rotatable bonds is 2. The van der Waals surface area contributed by atoms with Crippen LogP contribution in [0.15, 0.2) is 24.3 Å². The van der Waals surface area contributed by atoms with E-state index in [9.17, 15) is 4.79 Å². The van der Waals surface area contributed by atoms with Crippen LogP contribution in [0.4, 0.5) is 0 Å². The molecule has 1 aliphatic rings. The number of carbonyl (C=O) groups excluding carboxylic acids is 1. The van der Waals surface area contributed by atoms with E-state index in [1.54, 1.807) is 0 Å². The van der Waals surface area contributed by atoms with Gasteiger partial charge in [0.15, 0.2) is 0 Å². The molecule has 0 fully saturated rings. The molecule has 0 aliphatic carbocycles. The predicted octanol–water partition coefficient (Wildman–Crippen LogP) is 5.59. The van der Waals surface area contributed by atoms with E-state index in [-0.39, 0.29) is 5.91 Å². The van der Waals surface area contributed by atoms with Crippen molar-refractivity contribution >= 4 is 5.91 Å². The maximum absolute atomic E-state index is 11.9. The lowest BCUT2D eigenvalue weighted by Crippen LogP contribution is -2.43. The summed E-state index contributed by atoms with van der Waals surface area (Å²) in [4.78, 5) is 13.9. The van der Waals surface area contributed by atoms with Crippen molar-refractivity contribution in [2.75, 3.05) is 0 Å². The first-order chi connectivity index (χ1) is 10.6. The normalized spacial score (nSPS) is 15.7. The predicted molar refractivity (Wildman–Crippen MR) is 97.0 cm³/mol. The number of nitrogens with zero attached hydrogens (tertiary/aromatic N) is 1. The lowest BCUT2D eigenvalue weighted by atomic mass is 9.92. The van der Waals surface area contributed by atoms with Gasteiger partial charge in [-0.25, -0.2) is 0 Å². The number of carbonyl (C=O) groups is 1. The average Bonchev–Trinajstić information content (AvgIpc) is 2.54. The van der Waals surface area contributed by atoms with Crippen LogP contribution in [0.2, 0.25) is 0 Å². The summed E-state index contributed by atoms with van der Waals surface area (Å²) in [5.41, 5.74) is 2.73.